The van der Waals surface area contributed by atoms with Crippen LogP contribution in [0.2, 0.25) is 0 Å². The number of nitrogens with zero attached hydrogens (tertiary/aromatic N) is 3. The lowest BCUT2D eigenvalue weighted by Gasteiger charge is -2.51. The Morgan fingerprint density at radius 3 is 2.79 bits per heavy atom. The number of hydrogen-bond acceptors (Lipinski definition) is 6. The lowest BCUT2D eigenvalue weighted by molar-refractivity contribution is -0.159. The number of carbonyl (C=O) groups excluding carboxylic acids is 1. The minimum Gasteiger partial charge on any atom is -0.493 e. The molecule has 1 atom stereocenters. The monoisotopic (exact) mass is 397 g/mol. The highest BCUT2D eigenvalue weighted by molar-refractivity contribution is 7.12. The topological polar surface area (TPSA) is 54.4 Å². The molecule has 3 aliphatic rings. The van der Waals surface area contributed by atoms with E-state index in [1.807, 2.05) is 17.0 Å². The zero-order valence-corrected chi connectivity index (χ0v) is 16.9. The summed E-state index contributed by atoms with van der Waals surface area (Å²) < 4.78 is 12.3. The standard InChI is InChI=1S/C21H23N3O3S/c1-14(25)23-10-8-21(9-11-23)24-17(13-16(22-24)19-7-4-12-28-19)15-5-3-6-18(26-2)20(15)27-21/h3-7,12,17H,8-11,13H2,1-2H3/t17-/m1/s1. The van der Waals surface area contributed by atoms with Crippen LogP contribution in [0.5, 0.6) is 11.5 Å². The number of methoxy groups -OCH3 is 1. The van der Waals surface area contributed by atoms with Crippen molar-refractivity contribution in [1.82, 2.24) is 9.91 Å². The second-order valence-electron chi connectivity index (χ2n) is 7.52. The number of piperidine rings is 1. The van der Waals surface area contributed by atoms with Gasteiger partial charge in [-0.05, 0) is 17.5 Å². The molecule has 28 heavy (non-hydrogen) atoms. The number of hydrazone groups is 1. The van der Waals surface area contributed by atoms with Crippen molar-refractivity contribution in [3.63, 3.8) is 0 Å². The highest BCUT2D eigenvalue weighted by Crippen LogP contribution is 2.52. The largest absolute Gasteiger partial charge is 0.493 e. The maximum Gasteiger partial charge on any atom is 0.219 e. The average molecular weight is 398 g/mol. The van der Waals surface area contributed by atoms with E-state index in [-0.39, 0.29) is 11.9 Å². The van der Waals surface area contributed by atoms with Gasteiger partial charge in [0.2, 0.25) is 11.6 Å². The molecule has 0 bridgehead atoms. The third-order valence-electron chi connectivity index (χ3n) is 6.00. The fraction of sp³-hybridized carbons (Fsp3) is 0.429. The lowest BCUT2D eigenvalue weighted by Crippen LogP contribution is -2.59. The fourth-order valence-electron chi connectivity index (χ4n) is 4.52. The molecule has 0 aliphatic carbocycles. The molecule has 1 amide bonds. The third kappa shape index (κ3) is 2.60. The van der Waals surface area contributed by atoms with Crippen LogP contribution in [0, 0.1) is 0 Å². The van der Waals surface area contributed by atoms with Crippen molar-refractivity contribution >= 4 is 23.0 Å². The first-order valence-corrected chi connectivity index (χ1v) is 10.5. The summed E-state index contributed by atoms with van der Waals surface area (Å²) >= 11 is 1.72. The predicted molar refractivity (Wildman–Crippen MR) is 108 cm³/mol. The van der Waals surface area contributed by atoms with Gasteiger partial charge in [0.15, 0.2) is 11.5 Å². The number of carbonyl (C=O) groups is 1. The Morgan fingerprint density at radius 2 is 2.11 bits per heavy atom. The van der Waals surface area contributed by atoms with E-state index in [1.165, 1.54) is 4.88 Å². The van der Waals surface area contributed by atoms with Crippen LogP contribution in [0.4, 0.5) is 0 Å². The molecule has 0 N–H and O–H groups in total. The first-order valence-electron chi connectivity index (χ1n) is 9.63. The number of benzene rings is 1. The molecule has 0 saturated carbocycles. The normalized spacial score (nSPS) is 22.4. The van der Waals surface area contributed by atoms with Crippen LogP contribution in [0.15, 0.2) is 40.8 Å². The van der Waals surface area contributed by atoms with E-state index in [1.54, 1.807) is 25.4 Å². The van der Waals surface area contributed by atoms with E-state index in [2.05, 4.69) is 28.6 Å². The van der Waals surface area contributed by atoms with Gasteiger partial charge in [-0.3, -0.25) is 4.79 Å². The van der Waals surface area contributed by atoms with Gasteiger partial charge < -0.3 is 14.4 Å². The van der Waals surface area contributed by atoms with Crippen molar-refractivity contribution in [2.24, 2.45) is 5.10 Å². The Hall–Kier alpha value is -2.54. The molecule has 4 heterocycles. The van der Waals surface area contributed by atoms with Crippen LogP contribution in [-0.4, -0.2) is 47.5 Å². The highest BCUT2D eigenvalue weighted by atomic mass is 32.1. The molecule has 5 rings (SSSR count). The molecule has 0 radical (unpaired) electrons. The van der Waals surface area contributed by atoms with Gasteiger partial charge in [0, 0.05) is 44.8 Å². The van der Waals surface area contributed by atoms with E-state index in [9.17, 15) is 4.79 Å². The minimum atomic E-state index is -0.544. The van der Waals surface area contributed by atoms with E-state index in [4.69, 9.17) is 14.6 Å². The van der Waals surface area contributed by atoms with Gasteiger partial charge in [-0.1, -0.05) is 18.2 Å². The maximum atomic E-state index is 11.8. The van der Waals surface area contributed by atoms with Gasteiger partial charge in [-0.25, -0.2) is 5.01 Å². The Bertz CT molecular complexity index is 932. The molecule has 1 aromatic carbocycles. The lowest BCUT2D eigenvalue weighted by atomic mass is 9.91. The molecule has 1 fully saturated rings. The number of ether oxygens (including phenoxy) is 2. The fourth-order valence-corrected chi connectivity index (χ4v) is 5.24. The van der Waals surface area contributed by atoms with Gasteiger partial charge >= 0.3 is 0 Å². The summed E-state index contributed by atoms with van der Waals surface area (Å²) in [6, 6.07) is 10.4. The molecule has 7 heteroatoms. The SMILES string of the molecule is COc1cccc2c1OC1(CCN(C(C)=O)CC1)N1N=C(c3cccs3)C[C@H]21. The van der Waals surface area contributed by atoms with Crippen molar-refractivity contribution in [3.8, 4) is 11.5 Å². The minimum absolute atomic E-state index is 0.115. The Kier molecular flexibility index (Phi) is 4.08. The zero-order chi connectivity index (χ0) is 19.3. The number of thiophene rings is 1. The average Bonchev–Trinajstić information content (AvgIpc) is 3.38. The Labute approximate surface area is 168 Å². The van der Waals surface area contributed by atoms with Crippen molar-refractivity contribution in [2.45, 2.75) is 38.0 Å². The molecule has 146 valence electrons. The number of para-hydroxylation sites is 1. The van der Waals surface area contributed by atoms with E-state index < -0.39 is 5.72 Å². The van der Waals surface area contributed by atoms with E-state index in [0.29, 0.717) is 13.1 Å². The Balaban J connectivity index is 1.58. The Morgan fingerprint density at radius 1 is 1.29 bits per heavy atom. The molecule has 3 aliphatic heterocycles. The molecular weight excluding hydrogens is 374 g/mol. The van der Waals surface area contributed by atoms with Crippen molar-refractivity contribution in [3.05, 3.63) is 46.2 Å². The second-order valence-corrected chi connectivity index (χ2v) is 8.47. The third-order valence-corrected chi connectivity index (χ3v) is 6.92. The first-order chi connectivity index (χ1) is 13.6. The van der Waals surface area contributed by atoms with Crippen molar-refractivity contribution < 1.29 is 14.3 Å². The summed E-state index contributed by atoms with van der Waals surface area (Å²) in [6.45, 7) is 2.98. The molecule has 1 aromatic heterocycles. The summed E-state index contributed by atoms with van der Waals surface area (Å²) in [5.74, 6) is 1.70. The quantitative estimate of drug-likeness (QED) is 0.776. The summed E-state index contributed by atoms with van der Waals surface area (Å²) in [5.41, 5.74) is 1.68. The maximum absolute atomic E-state index is 11.8. The van der Waals surface area contributed by atoms with Crippen LogP contribution >= 0.6 is 11.3 Å². The van der Waals surface area contributed by atoms with Crippen molar-refractivity contribution in [1.29, 1.82) is 0 Å². The number of fused-ring (bicyclic) bond motifs is 4. The van der Waals surface area contributed by atoms with Crippen molar-refractivity contribution in [2.75, 3.05) is 20.2 Å². The van der Waals surface area contributed by atoms with Crippen LogP contribution < -0.4 is 9.47 Å². The molecule has 2 aromatic rings. The summed E-state index contributed by atoms with van der Waals surface area (Å²) in [6.07, 6.45) is 2.30. The second kappa shape index (κ2) is 6.51. The highest BCUT2D eigenvalue weighted by Gasteiger charge is 2.52. The summed E-state index contributed by atoms with van der Waals surface area (Å²) in [7, 11) is 1.68. The molecule has 6 nitrogen and oxygen atoms in total. The zero-order valence-electron chi connectivity index (χ0n) is 16.1. The van der Waals surface area contributed by atoms with E-state index >= 15 is 0 Å². The van der Waals surface area contributed by atoms with Gasteiger partial charge in [-0.15, -0.1) is 11.3 Å². The first kappa shape index (κ1) is 17.6. The van der Waals surface area contributed by atoms with Crippen LogP contribution in [0.25, 0.3) is 0 Å². The smallest absolute Gasteiger partial charge is 0.219 e. The summed E-state index contributed by atoms with van der Waals surface area (Å²) in [4.78, 5) is 14.9. The van der Waals surface area contributed by atoms with Gasteiger partial charge in [0.1, 0.15) is 0 Å². The van der Waals surface area contributed by atoms with Gasteiger partial charge in [0.05, 0.1) is 23.7 Å². The predicted octanol–water partition coefficient (Wildman–Crippen LogP) is 3.64. The molecule has 1 saturated heterocycles. The number of likely N-dealkylation sites (tertiary alicyclic amines) is 1. The van der Waals surface area contributed by atoms with Crippen LogP contribution in [-0.2, 0) is 4.79 Å². The summed E-state index contributed by atoms with van der Waals surface area (Å²) in [5, 5.41) is 9.30. The van der Waals surface area contributed by atoms with E-state index in [0.717, 1.165) is 42.0 Å². The van der Waals surface area contributed by atoms with Gasteiger partial charge in [0.25, 0.3) is 0 Å². The van der Waals surface area contributed by atoms with Crippen LogP contribution in [0.3, 0.4) is 0 Å². The molecular formula is C21H23N3O3S. The molecule has 1 spiro atoms. The number of rotatable bonds is 2. The molecule has 0 unspecified atom stereocenters. The number of amides is 1. The van der Waals surface area contributed by atoms with Gasteiger partial charge in [-0.2, -0.15) is 5.10 Å². The van der Waals surface area contributed by atoms with Crippen LogP contribution in [0.1, 0.15) is 42.7 Å². The number of hydrogen-bond donors (Lipinski definition) is 0.